The Morgan fingerprint density at radius 3 is 2.23 bits per heavy atom. The molecule has 1 fully saturated rings. The number of carbonyl (C=O) groups is 1. The molecule has 1 aliphatic rings. The van der Waals surface area contributed by atoms with Crippen molar-refractivity contribution >= 4 is 63.7 Å². The van der Waals surface area contributed by atoms with Crippen molar-refractivity contribution in [2.24, 2.45) is 4.99 Å². The van der Waals surface area contributed by atoms with Crippen LogP contribution in [0, 0.1) is 0 Å². The van der Waals surface area contributed by atoms with Gasteiger partial charge in [-0.05, 0) is 80.9 Å². The number of carbonyl (C=O) groups excluding carboxylic acids is 1. The first-order chi connectivity index (χ1) is 14.7. The lowest BCUT2D eigenvalue weighted by atomic mass is 10.2. The molecule has 8 heteroatoms. The first-order valence-corrected chi connectivity index (χ1v) is 11.8. The molecule has 0 spiro atoms. The minimum atomic E-state index is -0.0743. The number of halogens is 3. The zero-order valence-corrected chi connectivity index (χ0v) is 20.7. The van der Waals surface area contributed by atoms with Crippen LogP contribution >= 0.6 is 46.6 Å². The average Bonchev–Trinajstić information content (AvgIpc) is 2.96. The summed E-state index contributed by atoms with van der Waals surface area (Å²) in [7, 11) is 0. The Kier molecular flexibility index (Phi) is 7.98. The highest BCUT2D eigenvalue weighted by molar-refractivity contribution is 8.18. The number of ether oxygens (including phenoxy) is 1. The SMILES string of the molecule is CC(C)N=C1S/C(=C/c2cc(Cl)c(OCc3ccc(Cl)cc3)c(Cl)c2)C(=O)N1C(C)C. The Bertz CT molecular complexity index is 1010. The van der Waals surface area contributed by atoms with E-state index in [1.807, 2.05) is 39.8 Å². The van der Waals surface area contributed by atoms with E-state index in [4.69, 9.17) is 39.5 Å². The third-order valence-electron chi connectivity index (χ3n) is 4.34. The van der Waals surface area contributed by atoms with Crippen molar-refractivity contribution in [2.45, 2.75) is 46.4 Å². The van der Waals surface area contributed by atoms with E-state index in [1.165, 1.54) is 11.8 Å². The molecule has 0 unspecified atom stereocenters. The summed E-state index contributed by atoms with van der Waals surface area (Å²) < 4.78 is 5.82. The fourth-order valence-corrected chi connectivity index (χ4v) is 4.91. The second-order valence-corrected chi connectivity index (χ2v) is 9.87. The summed E-state index contributed by atoms with van der Waals surface area (Å²) in [6, 6.07) is 10.9. The van der Waals surface area contributed by atoms with Gasteiger partial charge in [0.15, 0.2) is 10.9 Å². The summed E-state index contributed by atoms with van der Waals surface area (Å²) in [5, 5.41) is 2.12. The molecule has 0 aromatic heterocycles. The van der Waals surface area contributed by atoms with E-state index in [1.54, 1.807) is 35.2 Å². The number of thioether (sulfide) groups is 1. The maximum atomic E-state index is 12.9. The molecule has 2 aromatic carbocycles. The molecule has 164 valence electrons. The molecule has 4 nitrogen and oxygen atoms in total. The van der Waals surface area contributed by atoms with Gasteiger partial charge in [0.2, 0.25) is 0 Å². The predicted octanol–water partition coefficient (Wildman–Crippen LogP) is 7.31. The number of rotatable bonds is 6. The summed E-state index contributed by atoms with van der Waals surface area (Å²) in [4.78, 5) is 19.8. The molecule has 0 bridgehead atoms. The minimum absolute atomic E-state index is 0.0132. The summed E-state index contributed by atoms with van der Waals surface area (Å²) >= 11 is 20.2. The number of aliphatic imine (C=N–C) groups is 1. The van der Waals surface area contributed by atoms with Gasteiger partial charge >= 0.3 is 0 Å². The topological polar surface area (TPSA) is 41.9 Å². The number of amides is 1. The van der Waals surface area contributed by atoms with E-state index in [9.17, 15) is 4.79 Å². The molecular formula is C23H23Cl3N2O2S. The molecule has 2 aromatic rings. The van der Waals surface area contributed by atoms with E-state index < -0.39 is 0 Å². The molecule has 0 N–H and O–H groups in total. The van der Waals surface area contributed by atoms with Gasteiger partial charge in [-0.3, -0.25) is 14.7 Å². The van der Waals surface area contributed by atoms with Gasteiger partial charge < -0.3 is 4.74 Å². The Hall–Kier alpha value is -1.66. The highest BCUT2D eigenvalue weighted by Gasteiger charge is 2.35. The van der Waals surface area contributed by atoms with Gasteiger partial charge in [-0.2, -0.15) is 0 Å². The van der Waals surface area contributed by atoms with Crippen molar-refractivity contribution in [3.8, 4) is 5.75 Å². The Morgan fingerprint density at radius 1 is 1.06 bits per heavy atom. The second kappa shape index (κ2) is 10.3. The van der Waals surface area contributed by atoms with Gasteiger partial charge in [-0.25, -0.2) is 0 Å². The molecular weight excluding hydrogens is 475 g/mol. The summed E-state index contributed by atoms with van der Waals surface area (Å²) in [5.74, 6) is 0.325. The largest absolute Gasteiger partial charge is 0.486 e. The van der Waals surface area contributed by atoms with Crippen LogP contribution in [0.15, 0.2) is 46.3 Å². The first-order valence-electron chi connectivity index (χ1n) is 9.83. The molecule has 1 saturated heterocycles. The fraction of sp³-hybridized carbons (Fsp3) is 0.304. The van der Waals surface area contributed by atoms with Crippen molar-refractivity contribution in [1.82, 2.24) is 4.90 Å². The van der Waals surface area contributed by atoms with Gasteiger partial charge in [0.1, 0.15) is 6.61 Å². The average molecular weight is 498 g/mol. The zero-order chi connectivity index (χ0) is 22.7. The second-order valence-electron chi connectivity index (χ2n) is 7.61. The lowest BCUT2D eigenvalue weighted by molar-refractivity contribution is -0.123. The monoisotopic (exact) mass is 496 g/mol. The van der Waals surface area contributed by atoms with Gasteiger partial charge in [-0.15, -0.1) is 0 Å². The maximum absolute atomic E-state index is 12.9. The third-order valence-corrected chi connectivity index (χ3v) is 6.15. The molecule has 1 amide bonds. The quantitative estimate of drug-likeness (QED) is 0.393. The minimum Gasteiger partial charge on any atom is -0.486 e. The number of hydrogen-bond acceptors (Lipinski definition) is 4. The Balaban J connectivity index is 1.83. The standard InChI is InChI=1S/C23H23Cl3N2O2S/c1-13(2)27-23-28(14(3)4)22(29)20(31-23)11-16-9-18(25)21(19(26)10-16)30-12-15-5-7-17(24)8-6-15/h5-11,13-14H,12H2,1-4H3/b20-11+,27-23?. The van der Waals surface area contributed by atoms with Gasteiger partial charge in [0.05, 0.1) is 15.0 Å². The fourth-order valence-electron chi connectivity index (χ4n) is 2.94. The molecule has 0 radical (unpaired) electrons. The third kappa shape index (κ3) is 5.98. The Labute approximate surface area is 202 Å². The lowest BCUT2D eigenvalue weighted by Gasteiger charge is -2.20. The molecule has 1 aliphatic heterocycles. The van der Waals surface area contributed by atoms with Gasteiger partial charge in [0, 0.05) is 17.1 Å². The number of amidine groups is 1. The van der Waals surface area contributed by atoms with Crippen LogP contribution in [-0.4, -0.2) is 28.1 Å². The van der Waals surface area contributed by atoms with Crippen molar-refractivity contribution in [1.29, 1.82) is 0 Å². The van der Waals surface area contributed by atoms with E-state index >= 15 is 0 Å². The van der Waals surface area contributed by atoms with Crippen LogP contribution in [0.2, 0.25) is 15.1 Å². The van der Waals surface area contributed by atoms with Crippen LogP contribution in [0.5, 0.6) is 5.75 Å². The van der Waals surface area contributed by atoms with E-state index in [0.717, 1.165) is 11.1 Å². The highest BCUT2D eigenvalue weighted by atomic mass is 35.5. The van der Waals surface area contributed by atoms with Crippen molar-refractivity contribution < 1.29 is 9.53 Å². The van der Waals surface area contributed by atoms with Crippen LogP contribution in [0.3, 0.4) is 0 Å². The van der Waals surface area contributed by atoms with Gasteiger partial charge in [-0.1, -0.05) is 46.9 Å². The van der Waals surface area contributed by atoms with Gasteiger partial charge in [0.25, 0.3) is 5.91 Å². The molecule has 0 atom stereocenters. The van der Waals surface area contributed by atoms with Crippen LogP contribution in [0.4, 0.5) is 0 Å². The van der Waals surface area contributed by atoms with Crippen LogP contribution in [-0.2, 0) is 11.4 Å². The number of nitrogens with zero attached hydrogens (tertiary/aromatic N) is 2. The molecule has 1 heterocycles. The van der Waals surface area contributed by atoms with E-state index in [2.05, 4.69) is 4.99 Å². The van der Waals surface area contributed by atoms with Crippen molar-refractivity contribution in [2.75, 3.05) is 0 Å². The molecule has 0 aliphatic carbocycles. The van der Waals surface area contributed by atoms with E-state index in [-0.39, 0.29) is 18.0 Å². The number of benzene rings is 2. The molecule has 31 heavy (non-hydrogen) atoms. The first kappa shape index (κ1) is 24.0. The lowest BCUT2D eigenvalue weighted by Crippen LogP contribution is -2.35. The molecule has 0 saturated carbocycles. The summed E-state index contributed by atoms with van der Waals surface area (Å²) in [5.41, 5.74) is 1.67. The van der Waals surface area contributed by atoms with Crippen LogP contribution < -0.4 is 4.74 Å². The maximum Gasteiger partial charge on any atom is 0.266 e. The Morgan fingerprint density at radius 2 is 1.68 bits per heavy atom. The predicted molar refractivity (Wildman–Crippen MR) is 132 cm³/mol. The number of hydrogen-bond donors (Lipinski definition) is 0. The summed E-state index contributed by atoms with van der Waals surface area (Å²) in [6.45, 7) is 8.22. The molecule has 3 rings (SSSR count). The highest BCUT2D eigenvalue weighted by Crippen LogP contribution is 2.38. The zero-order valence-electron chi connectivity index (χ0n) is 17.7. The normalized spacial score (nSPS) is 16.9. The van der Waals surface area contributed by atoms with E-state index in [0.29, 0.717) is 37.5 Å². The smallest absolute Gasteiger partial charge is 0.266 e. The van der Waals surface area contributed by atoms with Crippen molar-refractivity contribution in [3.05, 3.63) is 67.5 Å². The van der Waals surface area contributed by atoms with Crippen LogP contribution in [0.1, 0.15) is 38.8 Å². The van der Waals surface area contributed by atoms with Crippen molar-refractivity contribution in [3.63, 3.8) is 0 Å². The summed E-state index contributed by atoms with van der Waals surface area (Å²) in [6.07, 6.45) is 1.78. The van der Waals surface area contributed by atoms with Crippen LogP contribution in [0.25, 0.3) is 6.08 Å².